The number of carboxylic acid groups (broad SMARTS) is 1. The molecule has 0 aromatic carbocycles. The first kappa shape index (κ1) is 15.3. The zero-order chi connectivity index (χ0) is 15.0. The number of aromatic amines is 1. The van der Waals surface area contributed by atoms with Crippen molar-refractivity contribution < 1.29 is 24.2 Å². The molecule has 0 saturated carbocycles. The summed E-state index contributed by atoms with van der Waals surface area (Å²) in [5.41, 5.74) is 5.31. The van der Waals surface area contributed by atoms with Gasteiger partial charge in [0.2, 0.25) is 0 Å². The maximum Gasteiger partial charge on any atom is 0.404 e. The Bertz CT molecular complexity index is 461. The van der Waals surface area contributed by atoms with Crippen molar-refractivity contribution in [2.45, 2.75) is 12.5 Å². The molecule has 0 aliphatic rings. The fourth-order valence-corrected chi connectivity index (χ4v) is 1.34. The third kappa shape index (κ3) is 5.71. The fourth-order valence-electron chi connectivity index (χ4n) is 1.34. The zero-order valence-corrected chi connectivity index (χ0v) is 10.5. The van der Waals surface area contributed by atoms with Crippen LogP contribution in [0.1, 0.15) is 5.69 Å². The number of aliphatic carboxylic acids is 1. The van der Waals surface area contributed by atoms with Gasteiger partial charge in [-0.2, -0.15) is 0 Å². The van der Waals surface area contributed by atoms with Crippen LogP contribution in [0, 0.1) is 0 Å². The Kier molecular flexibility index (Phi) is 5.81. The number of amides is 3. The molecule has 0 aliphatic carbocycles. The Balaban J connectivity index is 2.35. The van der Waals surface area contributed by atoms with Crippen molar-refractivity contribution in [1.29, 1.82) is 0 Å². The van der Waals surface area contributed by atoms with Crippen LogP contribution >= 0.6 is 0 Å². The van der Waals surface area contributed by atoms with E-state index < -0.39 is 24.1 Å². The fraction of sp³-hybridized carbons (Fsp3) is 0.400. The minimum atomic E-state index is -1.18. The van der Waals surface area contributed by atoms with E-state index >= 15 is 0 Å². The SMILES string of the molecule is NC(=O)OCCNC(=O)NC(Cc1cnc[nH]1)C(=O)O. The number of H-pyrrole nitrogens is 1. The van der Waals surface area contributed by atoms with Crippen LogP contribution in [0.15, 0.2) is 12.5 Å². The Labute approximate surface area is 113 Å². The lowest BCUT2D eigenvalue weighted by Crippen LogP contribution is -2.47. The minimum absolute atomic E-state index is 0.0190. The van der Waals surface area contributed by atoms with Crippen LogP contribution in [0.5, 0.6) is 0 Å². The van der Waals surface area contributed by atoms with E-state index in [2.05, 4.69) is 25.3 Å². The molecule has 1 rings (SSSR count). The third-order valence-corrected chi connectivity index (χ3v) is 2.21. The molecule has 1 unspecified atom stereocenters. The molecular formula is C10H15N5O5. The number of primary amides is 1. The molecule has 0 bridgehead atoms. The molecule has 20 heavy (non-hydrogen) atoms. The summed E-state index contributed by atoms with van der Waals surface area (Å²) < 4.78 is 4.40. The van der Waals surface area contributed by atoms with Gasteiger partial charge in [-0.3, -0.25) is 0 Å². The van der Waals surface area contributed by atoms with E-state index in [1.54, 1.807) is 0 Å². The van der Waals surface area contributed by atoms with E-state index in [4.69, 9.17) is 10.8 Å². The van der Waals surface area contributed by atoms with Crippen LogP contribution < -0.4 is 16.4 Å². The number of aromatic nitrogens is 2. The summed E-state index contributed by atoms with van der Waals surface area (Å²) in [6, 6.07) is -1.79. The van der Waals surface area contributed by atoms with Gasteiger partial charge in [0.15, 0.2) is 0 Å². The minimum Gasteiger partial charge on any atom is -0.480 e. The molecule has 6 N–H and O–H groups in total. The summed E-state index contributed by atoms with van der Waals surface area (Å²) >= 11 is 0. The summed E-state index contributed by atoms with van der Waals surface area (Å²) in [5, 5.41) is 13.6. The van der Waals surface area contributed by atoms with Crippen LogP contribution in [0.2, 0.25) is 0 Å². The monoisotopic (exact) mass is 285 g/mol. The molecule has 0 fully saturated rings. The smallest absolute Gasteiger partial charge is 0.404 e. The van der Waals surface area contributed by atoms with E-state index in [0.29, 0.717) is 5.69 Å². The van der Waals surface area contributed by atoms with Crippen molar-refractivity contribution in [1.82, 2.24) is 20.6 Å². The Hall–Kier alpha value is -2.78. The van der Waals surface area contributed by atoms with Crippen molar-refractivity contribution in [2.75, 3.05) is 13.2 Å². The van der Waals surface area contributed by atoms with Gasteiger partial charge < -0.3 is 31.2 Å². The van der Waals surface area contributed by atoms with Gasteiger partial charge in [-0.25, -0.2) is 19.4 Å². The van der Waals surface area contributed by atoms with Crippen LogP contribution in [-0.4, -0.2) is 52.4 Å². The number of carboxylic acids is 1. The lowest BCUT2D eigenvalue weighted by Gasteiger charge is -2.14. The molecule has 1 heterocycles. The second-order valence-corrected chi connectivity index (χ2v) is 3.74. The molecule has 0 radical (unpaired) electrons. The van der Waals surface area contributed by atoms with Crippen molar-refractivity contribution in [3.63, 3.8) is 0 Å². The van der Waals surface area contributed by atoms with E-state index in [-0.39, 0.29) is 19.6 Å². The number of carbonyl (C=O) groups excluding carboxylic acids is 2. The van der Waals surface area contributed by atoms with Gasteiger partial charge in [-0.1, -0.05) is 0 Å². The number of urea groups is 1. The van der Waals surface area contributed by atoms with Crippen LogP contribution in [-0.2, 0) is 16.0 Å². The summed E-state index contributed by atoms with van der Waals surface area (Å²) in [6.07, 6.45) is 2.00. The Morgan fingerprint density at radius 3 is 2.80 bits per heavy atom. The highest BCUT2D eigenvalue weighted by Crippen LogP contribution is 1.98. The third-order valence-electron chi connectivity index (χ3n) is 2.21. The van der Waals surface area contributed by atoms with Crippen LogP contribution in [0.3, 0.4) is 0 Å². The normalized spacial score (nSPS) is 11.4. The lowest BCUT2D eigenvalue weighted by molar-refractivity contribution is -0.139. The number of ether oxygens (including phenoxy) is 1. The van der Waals surface area contributed by atoms with Crippen molar-refractivity contribution in [3.05, 3.63) is 18.2 Å². The van der Waals surface area contributed by atoms with Crippen LogP contribution in [0.4, 0.5) is 9.59 Å². The van der Waals surface area contributed by atoms with Gasteiger partial charge in [0, 0.05) is 18.3 Å². The summed E-state index contributed by atoms with van der Waals surface area (Å²) in [5.74, 6) is -1.18. The summed E-state index contributed by atoms with van der Waals surface area (Å²) in [7, 11) is 0. The predicted molar refractivity (Wildman–Crippen MR) is 65.8 cm³/mol. The molecule has 110 valence electrons. The maximum absolute atomic E-state index is 11.4. The molecule has 10 heteroatoms. The molecule has 0 saturated heterocycles. The average Bonchev–Trinajstić information content (AvgIpc) is 2.86. The average molecular weight is 285 g/mol. The topological polar surface area (TPSA) is 159 Å². The molecule has 1 atom stereocenters. The van der Waals surface area contributed by atoms with Gasteiger partial charge in [-0.05, 0) is 0 Å². The number of nitrogens with two attached hydrogens (primary N) is 1. The molecule has 0 spiro atoms. The second-order valence-electron chi connectivity index (χ2n) is 3.74. The van der Waals surface area contributed by atoms with Gasteiger partial charge >= 0.3 is 18.1 Å². The number of nitrogens with one attached hydrogen (secondary N) is 3. The molecule has 10 nitrogen and oxygen atoms in total. The van der Waals surface area contributed by atoms with Crippen LogP contribution in [0.25, 0.3) is 0 Å². The van der Waals surface area contributed by atoms with Crippen molar-refractivity contribution in [2.24, 2.45) is 5.73 Å². The van der Waals surface area contributed by atoms with Gasteiger partial charge in [0.25, 0.3) is 0 Å². The van der Waals surface area contributed by atoms with Crippen molar-refractivity contribution in [3.8, 4) is 0 Å². The highest BCUT2D eigenvalue weighted by molar-refractivity contribution is 5.82. The second kappa shape index (κ2) is 7.61. The number of carbonyl (C=O) groups is 3. The number of rotatable bonds is 7. The first-order chi connectivity index (χ1) is 9.49. The first-order valence-electron chi connectivity index (χ1n) is 5.65. The summed E-state index contributed by atoms with van der Waals surface area (Å²) in [4.78, 5) is 39.2. The highest BCUT2D eigenvalue weighted by Gasteiger charge is 2.20. The quantitative estimate of drug-likeness (QED) is 0.395. The predicted octanol–water partition coefficient (Wildman–Crippen LogP) is -1.20. The number of imidazole rings is 1. The van der Waals surface area contributed by atoms with Gasteiger partial charge in [0.1, 0.15) is 12.6 Å². The number of hydrogen-bond donors (Lipinski definition) is 5. The first-order valence-corrected chi connectivity index (χ1v) is 5.65. The number of hydrogen-bond acceptors (Lipinski definition) is 5. The van der Waals surface area contributed by atoms with Gasteiger partial charge in [0.05, 0.1) is 12.9 Å². The van der Waals surface area contributed by atoms with Crippen molar-refractivity contribution >= 4 is 18.1 Å². The number of nitrogens with zero attached hydrogens (tertiary/aromatic N) is 1. The maximum atomic E-state index is 11.4. The zero-order valence-electron chi connectivity index (χ0n) is 10.5. The summed E-state index contributed by atoms with van der Waals surface area (Å²) in [6.45, 7) is -0.0772. The molecule has 1 aromatic heterocycles. The van der Waals surface area contributed by atoms with E-state index in [9.17, 15) is 14.4 Å². The molecule has 3 amide bonds. The highest BCUT2D eigenvalue weighted by atomic mass is 16.5. The molecule has 0 aliphatic heterocycles. The largest absolute Gasteiger partial charge is 0.480 e. The molecular weight excluding hydrogens is 270 g/mol. The van der Waals surface area contributed by atoms with Gasteiger partial charge in [-0.15, -0.1) is 0 Å². The lowest BCUT2D eigenvalue weighted by atomic mass is 10.2. The Morgan fingerprint density at radius 2 is 2.25 bits per heavy atom. The van der Waals surface area contributed by atoms with E-state index in [1.807, 2.05) is 0 Å². The van der Waals surface area contributed by atoms with E-state index in [0.717, 1.165) is 0 Å². The standard InChI is InChI=1S/C10H15N5O5/c11-9(18)20-2-1-13-10(19)15-7(8(16)17)3-6-4-12-5-14-6/h4-5,7H,1-3H2,(H2,11,18)(H,12,14)(H,16,17)(H2,13,15,19). The Morgan fingerprint density at radius 1 is 1.50 bits per heavy atom. The van der Waals surface area contributed by atoms with E-state index in [1.165, 1.54) is 12.5 Å². The molecule has 1 aromatic rings.